The summed E-state index contributed by atoms with van der Waals surface area (Å²) in [6.07, 6.45) is 0. The van der Waals surface area contributed by atoms with E-state index >= 15 is 0 Å². The van der Waals surface area contributed by atoms with Gasteiger partial charge in [0.15, 0.2) is 0 Å². The molecule has 0 heterocycles. The van der Waals surface area contributed by atoms with Gasteiger partial charge >= 0.3 is 0 Å². The van der Waals surface area contributed by atoms with E-state index in [0.29, 0.717) is 21.5 Å². The molecule has 1 amide bonds. The summed E-state index contributed by atoms with van der Waals surface area (Å²) in [6, 6.07) is 16.6. The van der Waals surface area contributed by atoms with Crippen molar-refractivity contribution < 1.29 is 22.7 Å². The maximum atomic E-state index is 12.8. The van der Waals surface area contributed by atoms with Crippen molar-refractivity contribution in [3.05, 3.63) is 82.3 Å². The lowest BCUT2D eigenvalue weighted by Gasteiger charge is -2.17. The van der Waals surface area contributed by atoms with Crippen LogP contribution < -0.4 is 19.9 Å². The average molecular weight is 495 g/mol. The Morgan fingerprint density at radius 1 is 1.00 bits per heavy atom. The molecule has 168 valence electrons. The zero-order valence-corrected chi connectivity index (χ0v) is 19.2. The highest BCUT2D eigenvalue weighted by molar-refractivity contribution is 7.89. The minimum absolute atomic E-state index is 0.0279. The Hall–Kier alpha value is -2.78. The molecule has 32 heavy (non-hydrogen) atoms. The summed E-state index contributed by atoms with van der Waals surface area (Å²) in [5.74, 6) is 0.387. The molecule has 0 bridgehead atoms. The summed E-state index contributed by atoms with van der Waals surface area (Å²) in [6.45, 7) is 1.59. The summed E-state index contributed by atoms with van der Waals surface area (Å²) in [5, 5.41) is 0.899. The van der Waals surface area contributed by atoms with Gasteiger partial charge in [-0.15, -0.1) is 0 Å². The first kappa shape index (κ1) is 23.9. The van der Waals surface area contributed by atoms with Gasteiger partial charge in [0, 0.05) is 16.1 Å². The Balaban J connectivity index is 1.67. The van der Waals surface area contributed by atoms with Gasteiger partial charge in [-0.25, -0.2) is 13.1 Å². The third-order valence-electron chi connectivity index (χ3n) is 4.22. The normalized spacial score (nSPS) is 12.2. The Morgan fingerprint density at radius 3 is 2.38 bits per heavy atom. The average Bonchev–Trinajstić information content (AvgIpc) is 2.74. The number of sulfonamides is 1. The van der Waals surface area contributed by atoms with Crippen LogP contribution in [0.15, 0.2) is 71.6 Å². The third-order valence-corrected chi connectivity index (χ3v) is 6.29. The van der Waals surface area contributed by atoms with Crippen LogP contribution in [0.2, 0.25) is 10.0 Å². The summed E-state index contributed by atoms with van der Waals surface area (Å²) in [4.78, 5) is 11.6. The van der Waals surface area contributed by atoms with Crippen molar-refractivity contribution >= 4 is 39.1 Å². The Morgan fingerprint density at radius 2 is 1.69 bits per heavy atom. The molecular weight excluding hydrogens is 475 g/mol. The van der Waals surface area contributed by atoms with Gasteiger partial charge in [0.25, 0.3) is 5.91 Å². The second kappa shape index (κ2) is 10.2. The Bertz CT molecular complexity index is 1220. The van der Waals surface area contributed by atoms with Crippen LogP contribution in [0.5, 0.6) is 17.2 Å². The zero-order valence-electron chi connectivity index (χ0n) is 16.9. The second-order valence-corrected chi connectivity index (χ2v) is 9.46. The van der Waals surface area contributed by atoms with Gasteiger partial charge in [0.1, 0.15) is 23.9 Å². The smallest absolute Gasteiger partial charge is 0.252 e. The van der Waals surface area contributed by atoms with Crippen molar-refractivity contribution in [2.24, 2.45) is 5.73 Å². The van der Waals surface area contributed by atoms with Gasteiger partial charge in [-0.3, -0.25) is 4.79 Å². The zero-order chi connectivity index (χ0) is 23.3. The molecule has 10 heteroatoms. The maximum absolute atomic E-state index is 12.8. The van der Waals surface area contributed by atoms with Crippen molar-refractivity contribution in [1.29, 1.82) is 0 Å². The minimum atomic E-state index is -3.86. The predicted molar refractivity (Wildman–Crippen MR) is 123 cm³/mol. The number of hydrogen-bond acceptors (Lipinski definition) is 5. The molecule has 0 aliphatic heterocycles. The third kappa shape index (κ3) is 6.37. The molecule has 3 aromatic carbocycles. The van der Waals surface area contributed by atoms with Gasteiger partial charge < -0.3 is 15.2 Å². The van der Waals surface area contributed by atoms with Crippen LogP contribution in [0, 0.1) is 0 Å². The SMILES string of the molecule is C[C@@H](COc1ccc(Cl)cc1C(N)=O)NS(=O)(=O)c1cccc(Oc2ccc(Cl)cc2)c1. The molecule has 0 unspecified atom stereocenters. The number of rotatable bonds is 9. The number of primary amides is 1. The number of ether oxygens (including phenoxy) is 2. The van der Waals surface area contributed by atoms with Crippen LogP contribution >= 0.6 is 23.2 Å². The lowest BCUT2D eigenvalue weighted by molar-refractivity contribution is 0.0996. The van der Waals surface area contributed by atoms with E-state index in [4.69, 9.17) is 38.4 Å². The molecule has 0 saturated carbocycles. The molecular formula is C22H20Cl2N2O5S. The second-order valence-electron chi connectivity index (χ2n) is 6.87. The van der Waals surface area contributed by atoms with Crippen molar-refractivity contribution in [2.45, 2.75) is 17.9 Å². The number of hydrogen-bond donors (Lipinski definition) is 2. The van der Waals surface area contributed by atoms with Crippen molar-refractivity contribution in [2.75, 3.05) is 6.61 Å². The van der Waals surface area contributed by atoms with Crippen LogP contribution in [-0.4, -0.2) is 27.0 Å². The van der Waals surface area contributed by atoms with Crippen LogP contribution in [0.25, 0.3) is 0 Å². The first-order valence-electron chi connectivity index (χ1n) is 9.42. The Kier molecular flexibility index (Phi) is 7.63. The topological polar surface area (TPSA) is 108 Å². The molecule has 3 rings (SSSR count). The number of carbonyl (C=O) groups excluding carboxylic acids is 1. The highest BCUT2D eigenvalue weighted by Gasteiger charge is 2.19. The summed E-state index contributed by atoms with van der Waals surface area (Å²) in [5.41, 5.74) is 5.45. The van der Waals surface area contributed by atoms with E-state index in [1.165, 1.54) is 24.3 Å². The lowest BCUT2D eigenvalue weighted by atomic mass is 10.2. The Labute approximate surface area is 196 Å². The molecule has 0 aliphatic rings. The number of benzene rings is 3. The van der Waals surface area contributed by atoms with Gasteiger partial charge in [-0.05, 0) is 61.5 Å². The van der Waals surface area contributed by atoms with Gasteiger partial charge in [0.05, 0.1) is 16.5 Å². The number of halogens is 2. The molecule has 1 atom stereocenters. The number of amides is 1. The van der Waals surface area contributed by atoms with Crippen molar-refractivity contribution in [3.8, 4) is 17.2 Å². The van der Waals surface area contributed by atoms with E-state index in [2.05, 4.69) is 4.72 Å². The maximum Gasteiger partial charge on any atom is 0.252 e. The number of nitrogens with two attached hydrogens (primary N) is 1. The fraction of sp³-hybridized carbons (Fsp3) is 0.136. The van der Waals surface area contributed by atoms with Crippen molar-refractivity contribution in [1.82, 2.24) is 4.72 Å². The predicted octanol–water partition coefficient (Wildman–Crippen LogP) is 4.63. The highest BCUT2D eigenvalue weighted by atomic mass is 35.5. The van der Waals surface area contributed by atoms with Crippen LogP contribution in [0.3, 0.4) is 0 Å². The fourth-order valence-electron chi connectivity index (χ4n) is 2.75. The minimum Gasteiger partial charge on any atom is -0.491 e. The first-order chi connectivity index (χ1) is 15.1. The molecule has 0 radical (unpaired) electrons. The van der Waals surface area contributed by atoms with Crippen LogP contribution in [-0.2, 0) is 10.0 Å². The summed E-state index contributed by atoms with van der Waals surface area (Å²) in [7, 11) is -3.86. The fourth-order valence-corrected chi connectivity index (χ4v) is 4.31. The van der Waals surface area contributed by atoms with Gasteiger partial charge in [-0.1, -0.05) is 29.3 Å². The van der Waals surface area contributed by atoms with E-state index in [1.54, 1.807) is 49.4 Å². The van der Waals surface area contributed by atoms with Crippen LogP contribution in [0.4, 0.5) is 0 Å². The van der Waals surface area contributed by atoms with E-state index < -0.39 is 22.0 Å². The molecule has 3 aromatic rings. The summed E-state index contributed by atoms with van der Waals surface area (Å²) < 4.78 is 39.4. The summed E-state index contributed by atoms with van der Waals surface area (Å²) >= 11 is 11.7. The van der Waals surface area contributed by atoms with E-state index in [9.17, 15) is 13.2 Å². The molecule has 0 saturated heterocycles. The lowest BCUT2D eigenvalue weighted by Crippen LogP contribution is -2.36. The standard InChI is InChI=1S/C22H20Cl2N2O5S/c1-14(13-30-21-10-7-16(24)11-20(21)22(25)27)26-32(28,29)19-4-2-3-18(12-19)31-17-8-5-15(23)6-9-17/h2-12,14,26H,13H2,1H3,(H2,25,27)/t14-/m0/s1. The van der Waals surface area contributed by atoms with Crippen LogP contribution in [0.1, 0.15) is 17.3 Å². The van der Waals surface area contributed by atoms with Gasteiger partial charge in [0.2, 0.25) is 10.0 Å². The van der Waals surface area contributed by atoms with E-state index in [-0.39, 0.29) is 22.8 Å². The molecule has 0 aliphatic carbocycles. The number of carbonyl (C=O) groups is 1. The molecule has 7 nitrogen and oxygen atoms in total. The molecule has 0 fully saturated rings. The molecule has 3 N–H and O–H groups in total. The highest BCUT2D eigenvalue weighted by Crippen LogP contribution is 2.26. The quantitative estimate of drug-likeness (QED) is 0.450. The molecule has 0 spiro atoms. The first-order valence-corrected chi connectivity index (χ1v) is 11.7. The van der Waals surface area contributed by atoms with E-state index in [0.717, 1.165) is 0 Å². The van der Waals surface area contributed by atoms with Crippen molar-refractivity contribution in [3.63, 3.8) is 0 Å². The largest absolute Gasteiger partial charge is 0.491 e. The monoisotopic (exact) mass is 494 g/mol. The molecule has 0 aromatic heterocycles. The van der Waals surface area contributed by atoms with E-state index in [1.807, 2.05) is 0 Å². The number of nitrogens with one attached hydrogen (secondary N) is 1. The van der Waals surface area contributed by atoms with Gasteiger partial charge in [-0.2, -0.15) is 0 Å².